The fourth-order valence-electron chi connectivity index (χ4n) is 2.76. The summed E-state index contributed by atoms with van der Waals surface area (Å²) in [7, 11) is 0. The average Bonchev–Trinajstić information content (AvgIpc) is 2.49. The van der Waals surface area contributed by atoms with Gasteiger partial charge in [0.1, 0.15) is 0 Å². The number of aliphatic hydroxyl groups excluding tert-OH is 1. The topological polar surface area (TPSA) is 20.2 Å². The van der Waals surface area contributed by atoms with Crippen molar-refractivity contribution in [2.45, 2.75) is 53.4 Å². The monoisotopic (exact) mass is 210 g/mol. The van der Waals surface area contributed by atoms with Crippen molar-refractivity contribution in [3.63, 3.8) is 0 Å². The van der Waals surface area contributed by atoms with Gasteiger partial charge < -0.3 is 5.11 Å². The molecular weight excluding hydrogens is 184 g/mol. The molecule has 0 saturated heterocycles. The second kappa shape index (κ2) is 5.16. The molecule has 0 heterocycles. The van der Waals surface area contributed by atoms with Crippen LogP contribution in [0.4, 0.5) is 0 Å². The van der Waals surface area contributed by atoms with Crippen molar-refractivity contribution in [2.75, 3.05) is 6.61 Å². The maximum Gasteiger partial charge on any atom is 0.0456 e. The van der Waals surface area contributed by atoms with Crippen molar-refractivity contribution in [1.29, 1.82) is 0 Å². The second-order valence-electron chi connectivity index (χ2n) is 5.60. The van der Waals surface area contributed by atoms with Gasteiger partial charge >= 0.3 is 0 Å². The Morgan fingerprint density at radius 1 is 1.53 bits per heavy atom. The lowest BCUT2D eigenvalue weighted by atomic mass is 9.74. The van der Waals surface area contributed by atoms with E-state index in [1.165, 1.54) is 19.3 Å². The third-order valence-electron chi connectivity index (χ3n) is 4.20. The third-order valence-corrected chi connectivity index (χ3v) is 4.20. The molecule has 0 aromatic heterocycles. The molecule has 0 unspecified atom stereocenters. The molecule has 1 aliphatic carbocycles. The van der Waals surface area contributed by atoms with E-state index in [4.69, 9.17) is 5.11 Å². The van der Waals surface area contributed by atoms with Crippen LogP contribution in [0.15, 0.2) is 11.6 Å². The lowest BCUT2D eigenvalue weighted by Gasteiger charge is -2.31. The maximum absolute atomic E-state index is 9.02. The van der Waals surface area contributed by atoms with Crippen LogP contribution >= 0.6 is 0 Å². The molecule has 15 heavy (non-hydrogen) atoms. The molecule has 0 radical (unpaired) electrons. The molecule has 1 heteroatoms. The number of hydrogen-bond donors (Lipinski definition) is 1. The normalized spacial score (nSPS) is 26.5. The summed E-state index contributed by atoms with van der Waals surface area (Å²) in [6.45, 7) is 9.48. The van der Waals surface area contributed by atoms with Gasteiger partial charge in [-0.25, -0.2) is 0 Å². The largest absolute Gasteiger partial charge is 0.396 e. The third kappa shape index (κ3) is 2.84. The van der Waals surface area contributed by atoms with Crippen LogP contribution < -0.4 is 0 Å². The Hall–Kier alpha value is -0.300. The van der Waals surface area contributed by atoms with E-state index in [1.54, 1.807) is 5.57 Å². The number of allylic oxidation sites excluding steroid dienone is 2. The van der Waals surface area contributed by atoms with Gasteiger partial charge in [0.05, 0.1) is 0 Å². The van der Waals surface area contributed by atoms with Crippen LogP contribution in [0.25, 0.3) is 0 Å². The Bertz CT molecular complexity index is 227. The first-order valence-electron chi connectivity index (χ1n) is 6.32. The smallest absolute Gasteiger partial charge is 0.0456 e. The van der Waals surface area contributed by atoms with E-state index < -0.39 is 0 Å². The first-order valence-corrected chi connectivity index (χ1v) is 6.32. The predicted molar refractivity (Wildman–Crippen MR) is 65.7 cm³/mol. The van der Waals surface area contributed by atoms with E-state index in [2.05, 4.69) is 33.8 Å². The van der Waals surface area contributed by atoms with Gasteiger partial charge in [-0.1, -0.05) is 39.3 Å². The number of aliphatic hydroxyl groups is 1. The van der Waals surface area contributed by atoms with E-state index >= 15 is 0 Å². The van der Waals surface area contributed by atoms with Crippen LogP contribution in [0.5, 0.6) is 0 Å². The van der Waals surface area contributed by atoms with Crippen molar-refractivity contribution in [2.24, 2.45) is 17.3 Å². The highest BCUT2D eigenvalue weighted by atomic mass is 16.3. The quantitative estimate of drug-likeness (QED) is 0.685. The van der Waals surface area contributed by atoms with E-state index in [0.29, 0.717) is 17.9 Å². The highest BCUT2D eigenvalue weighted by Crippen LogP contribution is 2.46. The summed E-state index contributed by atoms with van der Waals surface area (Å²) in [4.78, 5) is 0. The van der Waals surface area contributed by atoms with Gasteiger partial charge in [0.15, 0.2) is 0 Å². The van der Waals surface area contributed by atoms with Gasteiger partial charge in [-0.3, -0.25) is 0 Å². The summed E-state index contributed by atoms with van der Waals surface area (Å²) in [6, 6.07) is 0. The van der Waals surface area contributed by atoms with Crippen molar-refractivity contribution in [1.82, 2.24) is 0 Å². The van der Waals surface area contributed by atoms with E-state index in [1.807, 2.05) is 0 Å². The fourth-order valence-corrected chi connectivity index (χ4v) is 2.76. The Labute approximate surface area is 94.6 Å². The first kappa shape index (κ1) is 12.8. The molecule has 0 aliphatic heterocycles. The van der Waals surface area contributed by atoms with Crippen molar-refractivity contribution < 1.29 is 5.11 Å². The summed E-state index contributed by atoms with van der Waals surface area (Å²) < 4.78 is 0. The lowest BCUT2D eigenvalue weighted by Crippen LogP contribution is -2.22. The summed E-state index contributed by atoms with van der Waals surface area (Å²) >= 11 is 0. The zero-order valence-corrected chi connectivity index (χ0v) is 10.7. The van der Waals surface area contributed by atoms with E-state index in [-0.39, 0.29) is 0 Å². The molecule has 1 aliphatic rings. The molecule has 1 rings (SSSR count). The molecule has 0 aromatic rings. The summed E-state index contributed by atoms with van der Waals surface area (Å²) in [5.74, 6) is 1.26. The molecule has 0 fully saturated rings. The van der Waals surface area contributed by atoms with Crippen molar-refractivity contribution in [3.05, 3.63) is 11.6 Å². The zero-order chi connectivity index (χ0) is 11.5. The Morgan fingerprint density at radius 3 is 2.67 bits per heavy atom. The predicted octanol–water partition coefficient (Wildman–Crippen LogP) is 3.78. The number of hydrogen-bond acceptors (Lipinski definition) is 1. The van der Waals surface area contributed by atoms with Crippen LogP contribution in [-0.2, 0) is 0 Å². The second-order valence-corrected chi connectivity index (χ2v) is 5.60. The lowest BCUT2D eigenvalue weighted by molar-refractivity contribution is 0.201. The van der Waals surface area contributed by atoms with Crippen LogP contribution in [0.1, 0.15) is 53.4 Å². The Balaban J connectivity index is 2.46. The molecule has 2 atom stereocenters. The van der Waals surface area contributed by atoms with Gasteiger partial charge in [0.25, 0.3) is 0 Å². The summed E-state index contributed by atoms with van der Waals surface area (Å²) in [6.07, 6.45) is 7.30. The van der Waals surface area contributed by atoms with Gasteiger partial charge in [-0.05, 0) is 42.9 Å². The van der Waals surface area contributed by atoms with Gasteiger partial charge in [0.2, 0.25) is 0 Å². The first-order chi connectivity index (χ1) is 7.02. The summed E-state index contributed by atoms with van der Waals surface area (Å²) in [5, 5.41) is 9.02. The van der Waals surface area contributed by atoms with Crippen molar-refractivity contribution in [3.8, 4) is 0 Å². The fraction of sp³-hybridized carbons (Fsp3) is 0.857. The van der Waals surface area contributed by atoms with E-state index in [9.17, 15) is 0 Å². The molecule has 0 bridgehead atoms. The van der Waals surface area contributed by atoms with Crippen LogP contribution in [0.2, 0.25) is 0 Å². The molecule has 0 spiro atoms. The Morgan fingerprint density at radius 2 is 2.20 bits per heavy atom. The minimum Gasteiger partial charge on any atom is -0.396 e. The highest BCUT2D eigenvalue weighted by Gasteiger charge is 2.35. The standard InChI is InChI=1S/C14H26O/c1-5-12-8-9-13(14(12,3)4)7-6-11(2)10-15/h8,11,13,15H,5-7,9-10H2,1-4H3/t11-,13-/m1/s1. The minimum absolute atomic E-state index is 0.335. The van der Waals surface area contributed by atoms with Crippen LogP contribution in [0.3, 0.4) is 0 Å². The number of rotatable bonds is 5. The summed E-state index contributed by atoms with van der Waals surface area (Å²) in [5.41, 5.74) is 2.02. The highest BCUT2D eigenvalue weighted by molar-refractivity contribution is 5.20. The molecule has 0 amide bonds. The van der Waals surface area contributed by atoms with Crippen LogP contribution in [-0.4, -0.2) is 11.7 Å². The minimum atomic E-state index is 0.335. The molecule has 88 valence electrons. The van der Waals surface area contributed by atoms with Gasteiger partial charge in [-0.2, -0.15) is 0 Å². The molecule has 1 N–H and O–H groups in total. The Kier molecular flexibility index (Phi) is 4.39. The molecule has 1 nitrogen and oxygen atoms in total. The molecule has 0 aromatic carbocycles. The van der Waals surface area contributed by atoms with Gasteiger partial charge in [-0.15, -0.1) is 0 Å². The molecular formula is C14H26O. The van der Waals surface area contributed by atoms with E-state index in [0.717, 1.165) is 12.3 Å². The van der Waals surface area contributed by atoms with Gasteiger partial charge in [0, 0.05) is 6.61 Å². The zero-order valence-electron chi connectivity index (χ0n) is 10.7. The molecule has 0 saturated carbocycles. The van der Waals surface area contributed by atoms with Crippen LogP contribution in [0, 0.1) is 17.3 Å². The SMILES string of the molecule is CCC1=CC[C@@H](CC[C@@H](C)CO)C1(C)C. The van der Waals surface area contributed by atoms with Crippen molar-refractivity contribution >= 4 is 0 Å². The maximum atomic E-state index is 9.02. The average molecular weight is 210 g/mol.